The number of benzene rings is 4. The Labute approximate surface area is 323 Å². The van der Waals surface area contributed by atoms with Crippen molar-refractivity contribution >= 4 is 63.6 Å². The monoisotopic (exact) mass is 758 g/mol. The highest BCUT2D eigenvalue weighted by Gasteiger charge is 2.29. The van der Waals surface area contributed by atoms with E-state index in [1.807, 2.05) is 54.6 Å². The van der Waals surface area contributed by atoms with Crippen LogP contribution in [-0.4, -0.2) is 48.0 Å². The number of hydrogen-bond acceptors (Lipinski definition) is 8. The molecule has 54 heavy (non-hydrogen) atoms. The Morgan fingerprint density at radius 1 is 0.889 bits per heavy atom. The molecule has 276 valence electrons. The van der Waals surface area contributed by atoms with Crippen LogP contribution in [0.1, 0.15) is 67.6 Å². The van der Waals surface area contributed by atoms with E-state index in [4.69, 9.17) is 4.74 Å². The zero-order valence-electron chi connectivity index (χ0n) is 30.4. The van der Waals surface area contributed by atoms with Gasteiger partial charge in [-0.3, -0.25) is 19.3 Å². The van der Waals surface area contributed by atoms with Crippen LogP contribution in [0.5, 0.6) is 0 Å². The molecule has 0 atom stereocenters. The van der Waals surface area contributed by atoms with Crippen molar-refractivity contribution in [1.29, 1.82) is 0 Å². The molecule has 11 heteroatoms. The zero-order valence-corrected chi connectivity index (χ0v) is 32.0. The summed E-state index contributed by atoms with van der Waals surface area (Å²) < 4.78 is 5.12. The third-order valence-corrected chi connectivity index (χ3v) is 11.1. The van der Waals surface area contributed by atoms with Crippen molar-refractivity contribution in [3.63, 3.8) is 0 Å². The van der Waals surface area contributed by atoms with Gasteiger partial charge in [0.1, 0.15) is 10.7 Å². The number of fused-ring (bicyclic) bond motifs is 1. The predicted molar refractivity (Wildman–Crippen MR) is 217 cm³/mol. The van der Waals surface area contributed by atoms with Crippen LogP contribution in [0.2, 0.25) is 0 Å². The Morgan fingerprint density at radius 3 is 2.31 bits per heavy atom. The predicted octanol–water partition coefficient (Wildman–Crippen LogP) is 8.36. The summed E-state index contributed by atoms with van der Waals surface area (Å²) in [5, 5.41) is 9.14. The van der Waals surface area contributed by atoms with Gasteiger partial charge in [-0.15, -0.1) is 23.1 Å². The van der Waals surface area contributed by atoms with Crippen molar-refractivity contribution in [2.75, 3.05) is 30.0 Å². The van der Waals surface area contributed by atoms with E-state index < -0.39 is 17.8 Å². The Balaban J connectivity index is 1.11. The first-order chi connectivity index (χ1) is 26.2. The number of carbonyl (C=O) groups is 4. The van der Waals surface area contributed by atoms with E-state index in [-0.39, 0.29) is 17.4 Å². The molecule has 0 unspecified atom stereocenters. The molecule has 9 nitrogen and oxygen atoms in total. The zero-order chi connectivity index (χ0) is 38.0. The van der Waals surface area contributed by atoms with E-state index in [9.17, 15) is 19.2 Å². The number of thiophene rings is 1. The molecule has 1 aliphatic rings. The van der Waals surface area contributed by atoms with Crippen LogP contribution in [0.4, 0.5) is 10.7 Å². The summed E-state index contributed by atoms with van der Waals surface area (Å²) in [7, 11) is 1.35. The summed E-state index contributed by atoms with van der Waals surface area (Å²) in [5.41, 5.74) is 5.52. The van der Waals surface area contributed by atoms with Crippen LogP contribution >= 0.6 is 23.1 Å². The normalized spacial score (nSPS) is 12.9. The summed E-state index contributed by atoms with van der Waals surface area (Å²) >= 11 is 2.72. The molecule has 5 aromatic rings. The van der Waals surface area contributed by atoms with E-state index in [1.54, 1.807) is 48.5 Å². The van der Waals surface area contributed by atoms with Gasteiger partial charge in [0.05, 0.1) is 18.4 Å². The number of nitrogens with zero attached hydrogens (tertiary/aromatic N) is 1. The van der Waals surface area contributed by atoms with E-state index in [1.165, 1.54) is 41.3 Å². The van der Waals surface area contributed by atoms with Gasteiger partial charge in [0, 0.05) is 40.7 Å². The number of amides is 3. The molecule has 4 aromatic carbocycles. The minimum Gasteiger partial charge on any atom is -0.465 e. The van der Waals surface area contributed by atoms with E-state index in [0.29, 0.717) is 40.7 Å². The van der Waals surface area contributed by atoms with Crippen LogP contribution in [0.25, 0.3) is 6.08 Å². The molecule has 0 radical (unpaired) electrons. The van der Waals surface area contributed by atoms with Gasteiger partial charge >= 0.3 is 5.97 Å². The van der Waals surface area contributed by atoms with Gasteiger partial charge in [0.25, 0.3) is 11.8 Å². The van der Waals surface area contributed by atoms with Crippen LogP contribution in [0.3, 0.4) is 0 Å². The molecular formula is C43H42N4O5S2. The highest BCUT2D eigenvalue weighted by Crippen LogP contribution is 2.38. The average Bonchev–Trinajstić information content (AvgIpc) is 3.54. The Bertz CT molecular complexity index is 2150. The molecule has 1 aliphatic heterocycles. The molecule has 0 saturated heterocycles. The lowest BCUT2D eigenvalue weighted by atomic mass is 10.0. The van der Waals surface area contributed by atoms with Crippen molar-refractivity contribution in [1.82, 2.24) is 10.2 Å². The van der Waals surface area contributed by atoms with Gasteiger partial charge < -0.3 is 20.7 Å². The Morgan fingerprint density at radius 2 is 1.61 bits per heavy atom. The standard InChI is InChI=1S/C43H42N4O5S2/c1-28(2)31-19-17-29(18-20-31)23-36(45-40(49)32-13-8-5-9-14-32)41(50)44-33-15-10-16-34(24-33)53-27-38(48)46-42-39(43(51)52-3)35-21-22-47(26-37(35)54-42)25-30-11-6-4-7-12-30/h4-20,23-24,28H,21-22,25-27H2,1-3H3,(H,44,50)(H,45,49)(H,46,48)/b36-23+. The van der Waals surface area contributed by atoms with Crippen molar-refractivity contribution in [2.24, 2.45) is 0 Å². The SMILES string of the molecule is COC(=O)c1c(NC(=O)CSc2cccc(NC(=O)/C(=C\c3ccc(C(C)C)cc3)NC(=O)c3ccccc3)c2)sc2c1CCN(Cc1ccccc1)C2. The lowest BCUT2D eigenvalue weighted by molar-refractivity contribution is -0.114. The molecule has 1 aromatic heterocycles. The van der Waals surface area contributed by atoms with E-state index in [0.717, 1.165) is 34.0 Å². The summed E-state index contributed by atoms with van der Waals surface area (Å²) in [6.45, 7) is 6.50. The molecule has 6 rings (SSSR count). The van der Waals surface area contributed by atoms with Crippen molar-refractivity contribution in [2.45, 2.75) is 44.2 Å². The maximum atomic E-state index is 13.6. The van der Waals surface area contributed by atoms with Crippen molar-refractivity contribution in [3.05, 3.63) is 153 Å². The maximum absolute atomic E-state index is 13.6. The molecule has 0 saturated carbocycles. The summed E-state index contributed by atoms with van der Waals surface area (Å²) in [6, 6.07) is 34.0. The van der Waals surface area contributed by atoms with Crippen LogP contribution < -0.4 is 16.0 Å². The summed E-state index contributed by atoms with van der Waals surface area (Å²) in [4.78, 5) is 57.0. The fourth-order valence-corrected chi connectivity index (χ4v) is 8.15. The largest absolute Gasteiger partial charge is 0.465 e. The van der Waals surface area contributed by atoms with Crippen molar-refractivity contribution in [3.8, 4) is 0 Å². The van der Waals surface area contributed by atoms with E-state index in [2.05, 4.69) is 46.8 Å². The van der Waals surface area contributed by atoms with E-state index >= 15 is 0 Å². The number of esters is 1. The van der Waals surface area contributed by atoms with Gasteiger partial charge in [-0.25, -0.2) is 4.79 Å². The molecule has 0 bridgehead atoms. The fraction of sp³-hybridized carbons (Fsp3) is 0.209. The fourth-order valence-electron chi connectivity index (χ4n) is 6.10. The number of nitrogens with one attached hydrogen (secondary N) is 3. The number of methoxy groups -OCH3 is 1. The third-order valence-electron chi connectivity index (χ3n) is 8.93. The number of thioether (sulfide) groups is 1. The van der Waals surface area contributed by atoms with Gasteiger partial charge in [-0.05, 0) is 71.0 Å². The molecular weight excluding hydrogens is 717 g/mol. The first kappa shape index (κ1) is 38.2. The number of rotatable bonds is 13. The smallest absolute Gasteiger partial charge is 0.341 e. The molecule has 3 amide bonds. The molecule has 0 fully saturated rings. The minimum absolute atomic E-state index is 0.0748. The quantitative estimate of drug-likeness (QED) is 0.0628. The number of ether oxygens (including phenoxy) is 1. The number of hydrogen-bond donors (Lipinski definition) is 3. The average molecular weight is 759 g/mol. The maximum Gasteiger partial charge on any atom is 0.341 e. The van der Waals surface area contributed by atoms with Gasteiger partial charge in [-0.2, -0.15) is 0 Å². The summed E-state index contributed by atoms with van der Waals surface area (Å²) in [5.74, 6) is -1.20. The number of carbonyl (C=O) groups excluding carboxylic acids is 4. The second-order valence-electron chi connectivity index (χ2n) is 13.2. The minimum atomic E-state index is -0.494. The van der Waals surface area contributed by atoms with Crippen LogP contribution in [0.15, 0.2) is 120 Å². The summed E-state index contributed by atoms with van der Waals surface area (Å²) in [6.07, 6.45) is 2.33. The van der Waals surface area contributed by atoms with Gasteiger partial charge in [0.2, 0.25) is 5.91 Å². The van der Waals surface area contributed by atoms with Crippen molar-refractivity contribution < 1.29 is 23.9 Å². The second kappa shape index (κ2) is 18.0. The highest BCUT2D eigenvalue weighted by molar-refractivity contribution is 8.00. The highest BCUT2D eigenvalue weighted by atomic mass is 32.2. The first-order valence-electron chi connectivity index (χ1n) is 17.7. The molecule has 2 heterocycles. The Kier molecular flexibility index (Phi) is 12.8. The molecule has 0 aliphatic carbocycles. The van der Waals surface area contributed by atoms with Crippen LogP contribution in [-0.2, 0) is 33.8 Å². The Hall–Kier alpha value is -5.49. The molecule has 0 spiro atoms. The first-order valence-corrected chi connectivity index (χ1v) is 19.5. The second-order valence-corrected chi connectivity index (χ2v) is 15.3. The lowest BCUT2D eigenvalue weighted by Gasteiger charge is -2.27. The van der Waals surface area contributed by atoms with Crippen LogP contribution in [0, 0.1) is 0 Å². The van der Waals surface area contributed by atoms with Gasteiger partial charge in [-0.1, -0.05) is 92.7 Å². The molecule has 3 N–H and O–H groups in total. The third kappa shape index (κ3) is 9.93. The lowest BCUT2D eigenvalue weighted by Crippen LogP contribution is -2.30. The topological polar surface area (TPSA) is 117 Å². The number of anilines is 2. The van der Waals surface area contributed by atoms with Gasteiger partial charge in [0.15, 0.2) is 0 Å².